The molecule has 2 N–H and O–H groups in total. The maximum absolute atomic E-state index is 9.82. The summed E-state index contributed by atoms with van der Waals surface area (Å²) in [5, 5.41) is 13.2. The zero-order valence-corrected chi connectivity index (χ0v) is 15.1. The number of nitrogens with one attached hydrogen (secondary N) is 1. The first-order valence-corrected chi connectivity index (χ1v) is 8.21. The van der Waals surface area contributed by atoms with Gasteiger partial charge in [-0.1, -0.05) is 22.9 Å². The molecular formula is C16H17Br2NO2. The number of hydrogen-bond donors (Lipinski definition) is 2. The Kier molecular flexibility index (Phi) is 5.53. The van der Waals surface area contributed by atoms with Gasteiger partial charge in [0, 0.05) is 16.7 Å². The van der Waals surface area contributed by atoms with E-state index < -0.39 is 0 Å². The summed E-state index contributed by atoms with van der Waals surface area (Å²) in [6.07, 6.45) is 0.963. The van der Waals surface area contributed by atoms with Crippen LogP contribution in [0.1, 0.15) is 18.1 Å². The molecule has 0 fully saturated rings. The molecule has 2 aromatic rings. The molecule has 21 heavy (non-hydrogen) atoms. The summed E-state index contributed by atoms with van der Waals surface area (Å²) in [5.74, 6) is 0.590. The number of methoxy groups -OCH3 is 1. The van der Waals surface area contributed by atoms with Gasteiger partial charge in [0.05, 0.1) is 11.6 Å². The Labute approximate surface area is 141 Å². The molecule has 0 aromatic heterocycles. The fraction of sp³-hybridized carbons (Fsp3) is 0.250. The number of hydrogen-bond acceptors (Lipinski definition) is 3. The number of benzene rings is 2. The van der Waals surface area contributed by atoms with Gasteiger partial charge in [-0.2, -0.15) is 0 Å². The summed E-state index contributed by atoms with van der Waals surface area (Å²) in [6, 6.07) is 9.92. The van der Waals surface area contributed by atoms with Crippen LogP contribution in [-0.4, -0.2) is 12.2 Å². The highest BCUT2D eigenvalue weighted by Gasteiger charge is 2.09. The van der Waals surface area contributed by atoms with Crippen LogP contribution in [0.4, 0.5) is 5.69 Å². The first-order valence-electron chi connectivity index (χ1n) is 6.62. The minimum absolute atomic E-state index is 0.124. The van der Waals surface area contributed by atoms with E-state index in [1.807, 2.05) is 18.2 Å². The third kappa shape index (κ3) is 3.92. The summed E-state index contributed by atoms with van der Waals surface area (Å²) >= 11 is 6.83. The van der Waals surface area contributed by atoms with Crippen molar-refractivity contribution in [1.82, 2.24) is 0 Å². The number of aromatic hydroxyl groups is 1. The Bertz CT molecular complexity index is 644. The van der Waals surface area contributed by atoms with E-state index in [0.717, 1.165) is 22.1 Å². The number of anilines is 1. The maximum Gasteiger partial charge on any atom is 0.172 e. The largest absolute Gasteiger partial charge is 0.503 e. The van der Waals surface area contributed by atoms with Gasteiger partial charge in [0.25, 0.3) is 0 Å². The summed E-state index contributed by atoms with van der Waals surface area (Å²) < 4.78 is 6.88. The van der Waals surface area contributed by atoms with Gasteiger partial charge in [-0.15, -0.1) is 0 Å². The summed E-state index contributed by atoms with van der Waals surface area (Å²) in [6.45, 7) is 2.79. The lowest BCUT2D eigenvalue weighted by molar-refractivity contribution is 0.371. The molecule has 0 atom stereocenters. The highest BCUT2D eigenvalue weighted by Crippen LogP contribution is 2.35. The molecular weight excluding hydrogens is 398 g/mol. The Morgan fingerprint density at radius 2 is 1.95 bits per heavy atom. The molecule has 0 unspecified atom stereocenters. The van der Waals surface area contributed by atoms with Crippen molar-refractivity contribution in [3.63, 3.8) is 0 Å². The number of phenols is 1. The minimum Gasteiger partial charge on any atom is -0.503 e. The molecule has 5 heteroatoms. The molecule has 0 heterocycles. The van der Waals surface area contributed by atoms with E-state index in [9.17, 15) is 5.11 Å². The van der Waals surface area contributed by atoms with Crippen molar-refractivity contribution in [2.45, 2.75) is 19.9 Å². The third-order valence-electron chi connectivity index (χ3n) is 3.24. The molecule has 3 nitrogen and oxygen atoms in total. The van der Waals surface area contributed by atoms with Gasteiger partial charge in [-0.25, -0.2) is 0 Å². The average molecular weight is 415 g/mol. The number of halogens is 2. The number of aryl methyl sites for hydroxylation is 1. The van der Waals surface area contributed by atoms with Gasteiger partial charge in [0.2, 0.25) is 0 Å². The van der Waals surface area contributed by atoms with Crippen molar-refractivity contribution in [2.24, 2.45) is 0 Å². The lowest BCUT2D eigenvalue weighted by atomic mass is 10.1. The van der Waals surface area contributed by atoms with E-state index in [1.165, 1.54) is 5.56 Å². The molecule has 0 saturated heterocycles. The zero-order chi connectivity index (χ0) is 15.4. The van der Waals surface area contributed by atoms with Crippen molar-refractivity contribution >= 4 is 37.5 Å². The molecule has 2 rings (SSSR count). The quantitative estimate of drug-likeness (QED) is 0.714. The normalized spacial score (nSPS) is 10.5. The zero-order valence-electron chi connectivity index (χ0n) is 11.9. The number of rotatable bonds is 5. The van der Waals surface area contributed by atoms with Crippen molar-refractivity contribution in [3.8, 4) is 11.5 Å². The van der Waals surface area contributed by atoms with Crippen LogP contribution in [0.5, 0.6) is 11.5 Å². The van der Waals surface area contributed by atoms with Crippen LogP contribution in [0.25, 0.3) is 0 Å². The molecule has 112 valence electrons. The fourth-order valence-electron chi connectivity index (χ4n) is 2.11. The Hall–Kier alpha value is -1.20. The SMILES string of the molecule is CCc1cc(Br)ccc1NCc1cc(Br)c(O)c(OC)c1. The van der Waals surface area contributed by atoms with Crippen molar-refractivity contribution in [3.05, 3.63) is 50.4 Å². The summed E-state index contributed by atoms with van der Waals surface area (Å²) in [5.41, 5.74) is 3.40. The monoisotopic (exact) mass is 413 g/mol. The topological polar surface area (TPSA) is 41.5 Å². The first kappa shape index (κ1) is 16.2. The van der Waals surface area contributed by atoms with Crippen molar-refractivity contribution in [1.29, 1.82) is 0 Å². The maximum atomic E-state index is 9.82. The van der Waals surface area contributed by atoms with Crippen LogP contribution in [0.15, 0.2) is 39.3 Å². The third-order valence-corrected chi connectivity index (χ3v) is 4.34. The Morgan fingerprint density at radius 1 is 1.19 bits per heavy atom. The molecule has 0 saturated carbocycles. The van der Waals surface area contributed by atoms with Crippen LogP contribution in [0.2, 0.25) is 0 Å². The van der Waals surface area contributed by atoms with E-state index in [2.05, 4.69) is 56.2 Å². The highest BCUT2D eigenvalue weighted by molar-refractivity contribution is 9.10. The number of ether oxygens (including phenoxy) is 1. The van der Waals surface area contributed by atoms with Crippen LogP contribution in [-0.2, 0) is 13.0 Å². The van der Waals surface area contributed by atoms with Crippen LogP contribution in [0, 0.1) is 0 Å². The molecule has 0 spiro atoms. The second kappa shape index (κ2) is 7.18. The van der Waals surface area contributed by atoms with Crippen LogP contribution in [0.3, 0.4) is 0 Å². The Morgan fingerprint density at radius 3 is 2.62 bits per heavy atom. The molecule has 0 amide bonds. The van der Waals surface area contributed by atoms with Gasteiger partial charge in [-0.05, 0) is 63.8 Å². The standard InChI is InChI=1S/C16H17Br2NO2/c1-3-11-8-12(17)4-5-14(11)19-9-10-6-13(18)16(20)15(7-10)21-2/h4-8,19-20H,3,9H2,1-2H3. The van der Waals surface area contributed by atoms with Crippen LogP contribution < -0.4 is 10.1 Å². The molecule has 0 aliphatic heterocycles. The number of phenolic OH excluding ortho intramolecular Hbond substituents is 1. The average Bonchev–Trinajstić information content (AvgIpc) is 2.48. The van der Waals surface area contributed by atoms with Crippen molar-refractivity contribution < 1.29 is 9.84 Å². The lowest BCUT2D eigenvalue weighted by Crippen LogP contribution is -2.02. The highest BCUT2D eigenvalue weighted by atomic mass is 79.9. The van der Waals surface area contributed by atoms with E-state index in [4.69, 9.17) is 4.74 Å². The molecule has 2 aromatic carbocycles. The van der Waals surface area contributed by atoms with E-state index in [-0.39, 0.29) is 5.75 Å². The van der Waals surface area contributed by atoms with Crippen molar-refractivity contribution in [2.75, 3.05) is 12.4 Å². The van der Waals surface area contributed by atoms with Gasteiger partial charge in [-0.3, -0.25) is 0 Å². The fourth-order valence-corrected chi connectivity index (χ4v) is 3.01. The van der Waals surface area contributed by atoms with Gasteiger partial charge >= 0.3 is 0 Å². The molecule has 0 aliphatic rings. The Balaban J connectivity index is 2.18. The van der Waals surface area contributed by atoms with Gasteiger partial charge in [0.15, 0.2) is 11.5 Å². The van der Waals surface area contributed by atoms with E-state index in [0.29, 0.717) is 16.8 Å². The summed E-state index contributed by atoms with van der Waals surface area (Å²) in [7, 11) is 1.54. The van der Waals surface area contributed by atoms with Crippen LogP contribution >= 0.6 is 31.9 Å². The minimum atomic E-state index is 0.124. The molecule has 0 bridgehead atoms. The van der Waals surface area contributed by atoms with E-state index in [1.54, 1.807) is 7.11 Å². The van der Waals surface area contributed by atoms with Gasteiger partial charge < -0.3 is 15.2 Å². The smallest absolute Gasteiger partial charge is 0.172 e. The molecule has 0 aliphatic carbocycles. The second-order valence-electron chi connectivity index (χ2n) is 4.64. The summed E-state index contributed by atoms with van der Waals surface area (Å²) in [4.78, 5) is 0. The molecule has 0 radical (unpaired) electrons. The second-order valence-corrected chi connectivity index (χ2v) is 6.41. The predicted octanol–water partition coefficient (Wildman–Crippen LogP) is 5.10. The lowest BCUT2D eigenvalue weighted by Gasteiger charge is -2.13. The predicted molar refractivity (Wildman–Crippen MR) is 93.2 cm³/mol. The first-order chi connectivity index (χ1) is 10.0. The van der Waals surface area contributed by atoms with E-state index >= 15 is 0 Å². The van der Waals surface area contributed by atoms with Gasteiger partial charge in [0.1, 0.15) is 0 Å².